The van der Waals surface area contributed by atoms with Gasteiger partial charge in [0.1, 0.15) is 36.0 Å². The van der Waals surface area contributed by atoms with Crippen LogP contribution in [-0.2, 0) is 16.1 Å². The van der Waals surface area contributed by atoms with Gasteiger partial charge in [0.15, 0.2) is 0 Å². The predicted molar refractivity (Wildman–Crippen MR) is 118 cm³/mol. The minimum Gasteiger partial charge on any atom is -0.486 e. The van der Waals surface area contributed by atoms with Crippen LogP contribution in [0.4, 0.5) is 5.69 Å². The number of hydrogen-bond donors (Lipinski definition) is 0. The first-order chi connectivity index (χ1) is 16.0. The van der Waals surface area contributed by atoms with Gasteiger partial charge in [-0.25, -0.2) is 4.63 Å². The van der Waals surface area contributed by atoms with E-state index in [9.17, 15) is 9.59 Å². The summed E-state index contributed by atoms with van der Waals surface area (Å²) in [6.45, 7) is 3.29. The topological polar surface area (TPSA) is 98.0 Å². The summed E-state index contributed by atoms with van der Waals surface area (Å²) >= 11 is 0. The highest BCUT2D eigenvalue weighted by Gasteiger charge is 2.47. The van der Waals surface area contributed by atoms with Crippen molar-refractivity contribution in [3.8, 4) is 5.75 Å². The molecule has 170 valence electrons. The third-order valence-electron chi connectivity index (χ3n) is 6.15. The van der Waals surface area contributed by atoms with Gasteiger partial charge in [0.25, 0.3) is 11.8 Å². The summed E-state index contributed by atoms with van der Waals surface area (Å²) < 4.78 is 16.6. The van der Waals surface area contributed by atoms with Gasteiger partial charge in [-0.2, -0.15) is 0 Å². The van der Waals surface area contributed by atoms with Gasteiger partial charge >= 0.3 is 0 Å². The maximum Gasteiger partial charge on any atom is 0.257 e. The molecule has 0 radical (unpaired) electrons. The Kier molecular flexibility index (Phi) is 5.55. The Labute approximate surface area is 190 Å². The summed E-state index contributed by atoms with van der Waals surface area (Å²) in [5, 5.41) is 7.57. The van der Waals surface area contributed by atoms with Crippen molar-refractivity contribution in [2.24, 2.45) is 0 Å². The fourth-order valence-electron chi connectivity index (χ4n) is 4.29. The van der Waals surface area contributed by atoms with Crippen LogP contribution in [0, 0.1) is 6.92 Å². The van der Waals surface area contributed by atoms with E-state index in [1.807, 2.05) is 42.5 Å². The quantitative estimate of drug-likeness (QED) is 0.592. The molecule has 2 saturated heterocycles. The summed E-state index contributed by atoms with van der Waals surface area (Å²) in [6.07, 6.45) is 0.655. The molecular weight excluding hydrogens is 424 g/mol. The average Bonchev–Trinajstić information content (AvgIpc) is 3.46. The van der Waals surface area contributed by atoms with Crippen molar-refractivity contribution in [3.05, 3.63) is 71.5 Å². The van der Waals surface area contributed by atoms with Gasteiger partial charge in [-0.1, -0.05) is 40.6 Å². The van der Waals surface area contributed by atoms with Crippen LogP contribution in [0.15, 0.2) is 59.2 Å². The van der Waals surface area contributed by atoms with Gasteiger partial charge in [-0.3, -0.25) is 9.59 Å². The maximum absolute atomic E-state index is 13.4. The lowest BCUT2D eigenvalue weighted by Gasteiger charge is -2.40. The van der Waals surface area contributed by atoms with Gasteiger partial charge in [0.05, 0.1) is 18.7 Å². The van der Waals surface area contributed by atoms with E-state index in [1.165, 1.54) is 0 Å². The van der Waals surface area contributed by atoms with Gasteiger partial charge in [-0.05, 0) is 37.6 Å². The number of carbonyl (C=O) groups excluding carboxylic acids is 2. The van der Waals surface area contributed by atoms with E-state index in [4.69, 9.17) is 14.1 Å². The molecule has 2 aliphatic heterocycles. The van der Waals surface area contributed by atoms with Gasteiger partial charge in [-0.15, -0.1) is 0 Å². The Hall–Kier alpha value is -3.72. The molecule has 3 heterocycles. The third kappa shape index (κ3) is 4.19. The summed E-state index contributed by atoms with van der Waals surface area (Å²) in [5.41, 5.74) is 1.95. The van der Waals surface area contributed by atoms with Crippen LogP contribution in [-0.4, -0.2) is 58.9 Å². The first-order valence-corrected chi connectivity index (χ1v) is 10.8. The van der Waals surface area contributed by atoms with Crippen LogP contribution in [0.5, 0.6) is 5.75 Å². The molecule has 5 rings (SSSR count). The molecule has 0 bridgehead atoms. The largest absolute Gasteiger partial charge is 0.486 e. The molecular formula is C24H24N4O5. The summed E-state index contributed by atoms with van der Waals surface area (Å²) in [7, 11) is 0. The highest BCUT2D eigenvalue weighted by atomic mass is 16.6. The first-order valence-electron chi connectivity index (χ1n) is 10.8. The summed E-state index contributed by atoms with van der Waals surface area (Å²) in [6, 6.07) is 16.7. The van der Waals surface area contributed by atoms with E-state index in [-0.39, 0.29) is 25.0 Å². The summed E-state index contributed by atoms with van der Waals surface area (Å²) in [4.78, 5) is 29.4. The number of rotatable bonds is 5. The van der Waals surface area contributed by atoms with Crippen molar-refractivity contribution in [1.82, 2.24) is 15.2 Å². The lowest BCUT2D eigenvalue weighted by molar-refractivity contribution is -0.137. The van der Waals surface area contributed by atoms with Crippen LogP contribution in [0.2, 0.25) is 0 Å². The molecule has 9 heteroatoms. The molecule has 3 aromatic rings. The van der Waals surface area contributed by atoms with E-state index in [2.05, 4.69) is 10.3 Å². The zero-order chi connectivity index (χ0) is 22.8. The second-order valence-electron chi connectivity index (χ2n) is 8.34. The number of aromatic nitrogens is 2. The molecule has 9 nitrogen and oxygen atoms in total. The predicted octanol–water partition coefficient (Wildman–Crippen LogP) is 2.61. The zero-order valence-electron chi connectivity index (χ0n) is 18.3. The number of para-hydroxylation sites is 2. The first kappa shape index (κ1) is 21.1. The molecule has 2 fully saturated rings. The highest BCUT2D eigenvalue weighted by Crippen LogP contribution is 2.33. The molecule has 1 spiro atoms. The Bertz CT molecular complexity index is 1160. The lowest BCUT2D eigenvalue weighted by Crippen LogP contribution is -2.56. The molecule has 2 aromatic carbocycles. The normalized spacial score (nSPS) is 20.5. The lowest BCUT2D eigenvalue weighted by atomic mass is 10.00. The molecule has 0 aliphatic carbocycles. The fourth-order valence-corrected chi connectivity index (χ4v) is 4.29. The van der Waals surface area contributed by atoms with E-state index in [1.54, 1.807) is 28.9 Å². The number of benzene rings is 2. The molecule has 1 atom stereocenters. The number of hydrogen-bond acceptors (Lipinski definition) is 7. The second kappa shape index (κ2) is 8.67. The summed E-state index contributed by atoms with van der Waals surface area (Å²) in [5.74, 6) is 0.258. The Morgan fingerprint density at radius 2 is 1.88 bits per heavy atom. The fraction of sp³-hybridized carbons (Fsp3) is 0.333. The molecule has 2 amide bonds. The molecule has 0 saturated carbocycles. The number of likely N-dealkylation sites (tertiary alicyclic amines) is 1. The standard InChI is InChI=1S/C24H24N4O5/c1-17-20(26-33-25-17)13-31-21-10-6-5-9-19(21)23(30)27-12-11-24(15-27)16-28(22(29)14-32-24)18-7-3-2-4-8-18/h2-10H,11-16H2,1H3/t24-/m1/s1. The van der Waals surface area contributed by atoms with Crippen molar-refractivity contribution < 1.29 is 23.7 Å². The number of nitrogens with zero attached hydrogens (tertiary/aromatic N) is 4. The number of amides is 2. The number of anilines is 1. The number of aryl methyl sites for hydroxylation is 1. The Morgan fingerprint density at radius 1 is 1.09 bits per heavy atom. The molecule has 0 unspecified atom stereocenters. The second-order valence-corrected chi connectivity index (χ2v) is 8.34. The van der Waals surface area contributed by atoms with E-state index in [0.29, 0.717) is 48.8 Å². The maximum atomic E-state index is 13.4. The minimum absolute atomic E-state index is 0.00170. The van der Waals surface area contributed by atoms with Crippen LogP contribution >= 0.6 is 0 Å². The van der Waals surface area contributed by atoms with Crippen molar-refractivity contribution in [2.45, 2.75) is 25.6 Å². The molecule has 1 aromatic heterocycles. The van der Waals surface area contributed by atoms with Gasteiger partial charge in [0, 0.05) is 12.2 Å². The SMILES string of the molecule is Cc1nonc1COc1ccccc1C(=O)N1CC[C@@]2(C1)CN(c1ccccc1)C(=O)CO2. The van der Waals surface area contributed by atoms with E-state index in [0.717, 1.165) is 5.69 Å². The number of carbonyl (C=O) groups is 2. The smallest absolute Gasteiger partial charge is 0.257 e. The van der Waals surface area contributed by atoms with Crippen molar-refractivity contribution in [3.63, 3.8) is 0 Å². The van der Waals surface area contributed by atoms with Crippen LogP contribution in [0.25, 0.3) is 0 Å². The average molecular weight is 448 g/mol. The van der Waals surface area contributed by atoms with Crippen molar-refractivity contribution in [1.29, 1.82) is 0 Å². The van der Waals surface area contributed by atoms with Gasteiger partial charge in [0.2, 0.25) is 0 Å². The van der Waals surface area contributed by atoms with Crippen LogP contribution in [0.3, 0.4) is 0 Å². The number of ether oxygens (including phenoxy) is 2. The van der Waals surface area contributed by atoms with Gasteiger partial charge < -0.3 is 19.3 Å². The number of morpholine rings is 1. The molecule has 33 heavy (non-hydrogen) atoms. The molecule has 2 aliphatic rings. The van der Waals surface area contributed by atoms with E-state index < -0.39 is 5.60 Å². The van der Waals surface area contributed by atoms with Crippen molar-refractivity contribution in [2.75, 3.05) is 31.1 Å². The Morgan fingerprint density at radius 3 is 2.67 bits per heavy atom. The Balaban J connectivity index is 1.30. The van der Waals surface area contributed by atoms with Crippen LogP contribution in [0.1, 0.15) is 28.2 Å². The monoisotopic (exact) mass is 448 g/mol. The third-order valence-corrected chi connectivity index (χ3v) is 6.15. The van der Waals surface area contributed by atoms with E-state index >= 15 is 0 Å². The molecule has 0 N–H and O–H groups in total. The van der Waals surface area contributed by atoms with Crippen molar-refractivity contribution >= 4 is 17.5 Å². The van der Waals surface area contributed by atoms with Crippen LogP contribution < -0.4 is 9.64 Å². The zero-order valence-corrected chi connectivity index (χ0v) is 18.3. The highest BCUT2D eigenvalue weighted by molar-refractivity contribution is 5.97. The minimum atomic E-state index is -0.585.